The van der Waals surface area contributed by atoms with E-state index in [-0.39, 0.29) is 5.56 Å². The molecule has 3 rings (SSSR count). The van der Waals surface area contributed by atoms with Crippen molar-refractivity contribution in [2.75, 3.05) is 0 Å². The molecule has 0 atom stereocenters. The Hall–Kier alpha value is -1.23. The Morgan fingerprint density at radius 1 is 1.56 bits per heavy atom. The van der Waals surface area contributed by atoms with Crippen molar-refractivity contribution >= 4 is 17.4 Å². The zero-order valence-corrected chi connectivity index (χ0v) is 9.93. The first-order chi connectivity index (χ1) is 7.79. The van der Waals surface area contributed by atoms with Crippen molar-refractivity contribution in [2.24, 2.45) is 0 Å². The lowest BCUT2D eigenvalue weighted by Gasteiger charge is -1.97. The number of rotatable bonds is 2. The highest BCUT2D eigenvalue weighted by Crippen LogP contribution is 2.25. The Balaban J connectivity index is 2.25. The van der Waals surface area contributed by atoms with Crippen LogP contribution in [0, 0.1) is 0 Å². The predicted molar refractivity (Wildman–Crippen MR) is 64.8 cm³/mol. The molecule has 16 heavy (non-hydrogen) atoms. The molecule has 0 fully saturated rings. The summed E-state index contributed by atoms with van der Waals surface area (Å²) >= 11 is 1.76. The average Bonchev–Trinajstić information content (AvgIpc) is 2.85. The molecule has 1 aliphatic heterocycles. The minimum Gasteiger partial charge on any atom is -0.294 e. The van der Waals surface area contributed by atoms with Gasteiger partial charge in [0.05, 0.1) is 11.3 Å². The quantitative estimate of drug-likeness (QED) is 0.862. The molecule has 0 bridgehead atoms. The SMILES string of the molecule is CCCc1cc2nc3c(c(=O)n2[nH]1)CSC3. The van der Waals surface area contributed by atoms with Gasteiger partial charge in [-0.2, -0.15) is 11.8 Å². The van der Waals surface area contributed by atoms with Crippen LogP contribution in [0.15, 0.2) is 10.9 Å². The van der Waals surface area contributed by atoms with Crippen molar-refractivity contribution in [1.82, 2.24) is 14.6 Å². The zero-order valence-electron chi connectivity index (χ0n) is 9.12. The smallest absolute Gasteiger partial charge is 0.277 e. The van der Waals surface area contributed by atoms with E-state index in [0.717, 1.165) is 46.9 Å². The fraction of sp³-hybridized carbons (Fsp3) is 0.455. The van der Waals surface area contributed by atoms with Crippen LogP contribution in [0.1, 0.15) is 30.3 Å². The van der Waals surface area contributed by atoms with Crippen molar-refractivity contribution in [2.45, 2.75) is 31.3 Å². The molecule has 84 valence electrons. The summed E-state index contributed by atoms with van der Waals surface area (Å²) in [4.78, 5) is 16.6. The zero-order chi connectivity index (χ0) is 11.1. The van der Waals surface area contributed by atoms with Crippen LogP contribution < -0.4 is 5.56 Å². The third-order valence-electron chi connectivity index (χ3n) is 2.85. The van der Waals surface area contributed by atoms with Crippen LogP contribution in [0.2, 0.25) is 0 Å². The van der Waals surface area contributed by atoms with Gasteiger partial charge in [-0.25, -0.2) is 9.50 Å². The van der Waals surface area contributed by atoms with E-state index in [9.17, 15) is 4.79 Å². The number of aryl methyl sites for hydroxylation is 1. The monoisotopic (exact) mass is 235 g/mol. The van der Waals surface area contributed by atoms with E-state index >= 15 is 0 Å². The standard InChI is InChI=1S/C11H13N3OS/c1-2-3-7-4-10-12-9-6-16-5-8(9)11(15)14(10)13-7/h4,13H,2-3,5-6H2,1H3. The maximum absolute atomic E-state index is 12.1. The number of nitrogens with zero attached hydrogens (tertiary/aromatic N) is 2. The van der Waals surface area contributed by atoms with Gasteiger partial charge in [-0.3, -0.25) is 9.89 Å². The number of hydrogen-bond donors (Lipinski definition) is 1. The largest absolute Gasteiger partial charge is 0.294 e. The van der Waals surface area contributed by atoms with Crippen molar-refractivity contribution in [3.63, 3.8) is 0 Å². The van der Waals surface area contributed by atoms with Crippen LogP contribution >= 0.6 is 11.8 Å². The van der Waals surface area contributed by atoms with E-state index in [1.54, 1.807) is 16.3 Å². The highest BCUT2D eigenvalue weighted by molar-refractivity contribution is 7.98. The third kappa shape index (κ3) is 1.38. The molecule has 0 amide bonds. The van der Waals surface area contributed by atoms with Crippen molar-refractivity contribution in [1.29, 1.82) is 0 Å². The Bertz CT molecular complexity index is 599. The second-order valence-electron chi connectivity index (χ2n) is 4.06. The van der Waals surface area contributed by atoms with E-state index in [4.69, 9.17) is 0 Å². The fourth-order valence-corrected chi connectivity index (χ4v) is 3.09. The number of nitrogens with one attached hydrogen (secondary N) is 1. The van der Waals surface area contributed by atoms with Crippen LogP contribution in [-0.2, 0) is 17.9 Å². The first-order valence-electron chi connectivity index (χ1n) is 5.49. The molecular weight excluding hydrogens is 222 g/mol. The third-order valence-corrected chi connectivity index (χ3v) is 3.82. The molecule has 1 aliphatic rings. The van der Waals surface area contributed by atoms with Crippen LogP contribution in [0.5, 0.6) is 0 Å². The molecule has 4 nitrogen and oxygen atoms in total. The maximum atomic E-state index is 12.1. The summed E-state index contributed by atoms with van der Waals surface area (Å²) in [5, 5.41) is 3.13. The van der Waals surface area contributed by atoms with Gasteiger partial charge in [0.15, 0.2) is 5.65 Å². The van der Waals surface area contributed by atoms with E-state index in [2.05, 4.69) is 17.0 Å². The van der Waals surface area contributed by atoms with Crippen molar-refractivity contribution in [3.05, 3.63) is 33.4 Å². The summed E-state index contributed by atoms with van der Waals surface area (Å²) in [5.74, 6) is 1.67. The normalized spacial score (nSPS) is 14.6. The van der Waals surface area contributed by atoms with E-state index in [1.807, 2.05) is 6.07 Å². The van der Waals surface area contributed by atoms with Crippen LogP contribution in [-0.4, -0.2) is 14.6 Å². The van der Waals surface area contributed by atoms with Gasteiger partial charge < -0.3 is 0 Å². The second-order valence-corrected chi connectivity index (χ2v) is 5.05. The van der Waals surface area contributed by atoms with Gasteiger partial charge in [0.25, 0.3) is 5.56 Å². The number of hydrogen-bond acceptors (Lipinski definition) is 3. The minimum absolute atomic E-state index is 0.0763. The highest BCUT2D eigenvalue weighted by atomic mass is 32.2. The molecule has 2 aromatic rings. The van der Waals surface area contributed by atoms with Gasteiger partial charge in [-0.15, -0.1) is 0 Å². The Morgan fingerprint density at radius 2 is 2.44 bits per heavy atom. The molecule has 2 aromatic heterocycles. The van der Waals surface area contributed by atoms with Gasteiger partial charge in [-0.1, -0.05) is 13.3 Å². The van der Waals surface area contributed by atoms with E-state index < -0.39 is 0 Å². The average molecular weight is 235 g/mol. The number of aromatic nitrogens is 3. The second kappa shape index (κ2) is 3.66. The Labute approximate surface area is 97.1 Å². The molecule has 5 heteroatoms. The lowest BCUT2D eigenvalue weighted by molar-refractivity contribution is 0.809. The summed E-state index contributed by atoms with van der Waals surface area (Å²) in [5.41, 5.74) is 3.76. The molecule has 0 saturated heterocycles. The van der Waals surface area contributed by atoms with Gasteiger partial charge in [0.2, 0.25) is 0 Å². The number of fused-ring (bicyclic) bond motifs is 2. The first kappa shape index (κ1) is 9.96. The molecule has 0 saturated carbocycles. The Morgan fingerprint density at radius 3 is 3.25 bits per heavy atom. The Kier molecular flexibility index (Phi) is 2.28. The predicted octanol–water partition coefficient (Wildman–Crippen LogP) is 1.72. The number of aromatic amines is 1. The highest BCUT2D eigenvalue weighted by Gasteiger charge is 2.19. The van der Waals surface area contributed by atoms with Crippen molar-refractivity contribution in [3.8, 4) is 0 Å². The fourth-order valence-electron chi connectivity index (χ4n) is 2.07. The molecule has 0 aliphatic carbocycles. The van der Waals surface area contributed by atoms with Gasteiger partial charge in [0.1, 0.15) is 0 Å². The lowest BCUT2D eigenvalue weighted by atomic mass is 10.2. The summed E-state index contributed by atoms with van der Waals surface area (Å²) in [6.07, 6.45) is 2.03. The summed E-state index contributed by atoms with van der Waals surface area (Å²) in [6, 6.07) is 1.98. The molecule has 0 spiro atoms. The molecule has 0 unspecified atom stereocenters. The minimum atomic E-state index is 0.0763. The lowest BCUT2D eigenvalue weighted by Crippen LogP contribution is -2.20. The topological polar surface area (TPSA) is 50.2 Å². The van der Waals surface area contributed by atoms with E-state index in [1.165, 1.54) is 0 Å². The molecule has 3 heterocycles. The van der Waals surface area contributed by atoms with Gasteiger partial charge in [-0.05, 0) is 6.42 Å². The molecule has 0 radical (unpaired) electrons. The molecule has 0 aromatic carbocycles. The maximum Gasteiger partial charge on any atom is 0.277 e. The number of thioether (sulfide) groups is 1. The molecule has 1 N–H and O–H groups in total. The van der Waals surface area contributed by atoms with Gasteiger partial charge in [0, 0.05) is 23.3 Å². The molecular formula is C11H13N3OS. The van der Waals surface area contributed by atoms with Crippen LogP contribution in [0.4, 0.5) is 0 Å². The van der Waals surface area contributed by atoms with Crippen LogP contribution in [0.25, 0.3) is 5.65 Å². The van der Waals surface area contributed by atoms with Gasteiger partial charge >= 0.3 is 0 Å². The van der Waals surface area contributed by atoms with E-state index in [0.29, 0.717) is 0 Å². The summed E-state index contributed by atoms with van der Waals surface area (Å²) in [6.45, 7) is 2.12. The first-order valence-corrected chi connectivity index (χ1v) is 6.65. The number of H-pyrrole nitrogens is 1. The summed E-state index contributed by atoms with van der Waals surface area (Å²) < 4.78 is 1.58. The summed E-state index contributed by atoms with van der Waals surface area (Å²) in [7, 11) is 0. The van der Waals surface area contributed by atoms with Crippen LogP contribution in [0.3, 0.4) is 0 Å². The van der Waals surface area contributed by atoms with Crippen molar-refractivity contribution < 1.29 is 0 Å².